The second-order valence-corrected chi connectivity index (χ2v) is 8.70. The highest BCUT2D eigenvalue weighted by molar-refractivity contribution is 7.92. The monoisotopic (exact) mass is 462 g/mol. The van der Waals surface area contributed by atoms with Crippen molar-refractivity contribution in [3.8, 4) is 0 Å². The predicted octanol–water partition coefficient (Wildman–Crippen LogP) is 3.73. The molecule has 154 valence electrons. The zero-order chi connectivity index (χ0) is 21.6. The Bertz CT molecular complexity index is 1160. The maximum Gasteiger partial charge on any atom is 0.264 e. The molecule has 0 spiro atoms. The molecule has 7 nitrogen and oxygen atoms in total. The first-order valence-electron chi connectivity index (χ1n) is 8.63. The highest BCUT2D eigenvalue weighted by Gasteiger charge is 2.28. The number of sulfonamides is 1. The van der Waals surface area contributed by atoms with Gasteiger partial charge in [-0.3, -0.25) is 14.1 Å². The summed E-state index contributed by atoms with van der Waals surface area (Å²) in [5.74, 6) is -0.647. The average molecular weight is 463 g/mol. The van der Waals surface area contributed by atoms with E-state index in [-0.39, 0.29) is 15.6 Å². The normalized spacial score (nSPS) is 11.4. The lowest BCUT2D eigenvalue weighted by Crippen LogP contribution is -2.39. The molecule has 0 fully saturated rings. The van der Waals surface area contributed by atoms with E-state index >= 15 is 0 Å². The molecule has 0 aliphatic carbocycles. The molecule has 1 amide bonds. The largest absolute Gasteiger partial charge is 0.271 e. The van der Waals surface area contributed by atoms with Gasteiger partial charge in [0.15, 0.2) is 0 Å². The second-order valence-electron chi connectivity index (χ2n) is 5.99. The fourth-order valence-corrected chi connectivity index (χ4v) is 4.52. The van der Waals surface area contributed by atoms with Crippen LogP contribution in [0.5, 0.6) is 0 Å². The Morgan fingerprint density at radius 1 is 1.07 bits per heavy atom. The summed E-state index contributed by atoms with van der Waals surface area (Å²) in [5.41, 5.74) is 3.17. The topological polar surface area (TPSA) is 91.7 Å². The van der Waals surface area contributed by atoms with Crippen molar-refractivity contribution < 1.29 is 13.2 Å². The summed E-state index contributed by atoms with van der Waals surface area (Å²) in [6, 6.07) is 15.5. The molecule has 30 heavy (non-hydrogen) atoms. The van der Waals surface area contributed by atoms with Crippen LogP contribution in [0.15, 0.2) is 83.1 Å². The molecule has 0 saturated carbocycles. The molecule has 0 unspecified atom stereocenters. The van der Waals surface area contributed by atoms with Crippen molar-refractivity contribution in [3.63, 3.8) is 0 Å². The Balaban J connectivity index is 1.88. The van der Waals surface area contributed by atoms with E-state index in [4.69, 9.17) is 23.2 Å². The van der Waals surface area contributed by atoms with Crippen LogP contribution in [0.2, 0.25) is 10.0 Å². The lowest BCUT2D eigenvalue weighted by atomic mass is 10.3. The maximum atomic E-state index is 13.2. The smallest absolute Gasteiger partial charge is 0.264 e. The van der Waals surface area contributed by atoms with Crippen molar-refractivity contribution in [2.45, 2.75) is 4.90 Å². The number of hydrogen-bond acceptors (Lipinski definition) is 5. The zero-order valence-electron chi connectivity index (χ0n) is 15.4. The Morgan fingerprint density at radius 2 is 1.77 bits per heavy atom. The van der Waals surface area contributed by atoms with Gasteiger partial charge in [-0.05, 0) is 48.0 Å². The first-order chi connectivity index (χ1) is 14.4. The third-order valence-corrected chi connectivity index (χ3v) is 6.22. The van der Waals surface area contributed by atoms with Crippen LogP contribution < -0.4 is 9.73 Å². The van der Waals surface area contributed by atoms with Crippen LogP contribution in [0.25, 0.3) is 0 Å². The molecule has 0 bridgehead atoms. The molecule has 1 heterocycles. The van der Waals surface area contributed by atoms with Gasteiger partial charge in [0.2, 0.25) is 0 Å². The number of hydrogen-bond donors (Lipinski definition) is 1. The number of carbonyl (C=O) groups excluding carboxylic acids is 1. The van der Waals surface area contributed by atoms with Gasteiger partial charge in [-0.25, -0.2) is 13.8 Å². The predicted molar refractivity (Wildman–Crippen MR) is 117 cm³/mol. The molecule has 3 aromatic rings. The van der Waals surface area contributed by atoms with Crippen molar-refractivity contribution in [3.05, 3.63) is 88.7 Å². The van der Waals surface area contributed by atoms with Crippen molar-refractivity contribution in [2.75, 3.05) is 10.8 Å². The van der Waals surface area contributed by atoms with E-state index in [9.17, 15) is 13.2 Å². The molecule has 0 saturated heterocycles. The summed E-state index contributed by atoms with van der Waals surface area (Å²) in [4.78, 5) is 16.4. The fraction of sp³-hybridized carbons (Fsp3) is 0.0500. The van der Waals surface area contributed by atoms with E-state index in [0.717, 1.165) is 9.87 Å². The lowest BCUT2D eigenvalue weighted by Gasteiger charge is -2.24. The fourth-order valence-electron chi connectivity index (χ4n) is 2.50. The molecule has 3 rings (SSSR count). The molecule has 1 N–H and O–H groups in total. The van der Waals surface area contributed by atoms with Gasteiger partial charge in [-0.15, -0.1) is 0 Å². The van der Waals surface area contributed by atoms with Crippen molar-refractivity contribution in [1.29, 1.82) is 0 Å². The van der Waals surface area contributed by atoms with Crippen LogP contribution >= 0.6 is 23.2 Å². The van der Waals surface area contributed by atoms with Crippen LogP contribution in [0, 0.1) is 0 Å². The van der Waals surface area contributed by atoms with Gasteiger partial charge in [0.25, 0.3) is 15.9 Å². The van der Waals surface area contributed by atoms with Gasteiger partial charge in [0, 0.05) is 17.4 Å². The average Bonchev–Trinajstić information content (AvgIpc) is 2.74. The minimum Gasteiger partial charge on any atom is -0.271 e. The molecule has 2 aromatic carbocycles. The number of pyridine rings is 1. The highest BCUT2D eigenvalue weighted by Crippen LogP contribution is 2.32. The molecule has 10 heteroatoms. The van der Waals surface area contributed by atoms with Crippen LogP contribution in [-0.2, 0) is 14.8 Å². The number of aromatic nitrogens is 1. The van der Waals surface area contributed by atoms with Gasteiger partial charge >= 0.3 is 0 Å². The second kappa shape index (κ2) is 9.71. The van der Waals surface area contributed by atoms with E-state index in [2.05, 4.69) is 15.5 Å². The minimum atomic E-state index is -4.08. The van der Waals surface area contributed by atoms with E-state index in [1.807, 2.05) is 0 Å². The quantitative estimate of drug-likeness (QED) is 0.427. The third kappa shape index (κ3) is 5.35. The molecular weight excluding hydrogens is 447 g/mol. The van der Waals surface area contributed by atoms with E-state index in [1.54, 1.807) is 42.7 Å². The first-order valence-corrected chi connectivity index (χ1v) is 10.8. The summed E-state index contributed by atoms with van der Waals surface area (Å²) in [6.45, 7) is -0.535. The number of anilines is 1. The van der Waals surface area contributed by atoms with Gasteiger partial charge in [0.1, 0.15) is 6.54 Å². The number of benzene rings is 2. The summed E-state index contributed by atoms with van der Waals surface area (Å²) in [6.07, 6.45) is 4.59. The van der Waals surface area contributed by atoms with Gasteiger partial charge in [-0.1, -0.05) is 41.4 Å². The van der Waals surface area contributed by atoms with E-state index in [0.29, 0.717) is 5.02 Å². The lowest BCUT2D eigenvalue weighted by molar-refractivity contribution is -0.119. The number of nitrogens with zero attached hydrogens (tertiary/aromatic N) is 3. The SMILES string of the molecule is O=C(CN(c1ccc(Cl)cc1Cl)S(=O)(=O)c1ccccc1)N/N=C\c1ccncc1. The van der Waals surface area contributed by atoms with Gasteiger partial charge < -0.3 is 0 Å². The Kier molecular flexibility index (Phi) is 7.04. The van der Waals surface area contributed by atoms with Gasteiger partial charge in [0.05, 0.1) is 21.8 Å². The highest BCUT2D eigenvalue weighted by atomic mass is 35.5. The maximum absolute atomic E-state index is 13.2. The molecular formula is C20H16Cl2N4O3S. The zero-order valence-corrected chi connectivity index (χ0v) is 17.8. The Labute approximate surface area is 184 Å². The van der Waals surface area contributed by atoms with Crippen molar-refractivity contribution in [2.24, 2.45) is 5.10 Å². The van der Waals surface area contributed by atoms with Crippen LogP contribution in [-0.4, -0.2) is 32.1 Å². The van der Waals surface area contributed by atoms with E-state index in [1.165, 1.54) is 36.5 Å². The van der Waals surface area contributed by atoms with Crippen LogP contribution in [0.1, 0.15) is 5.56 Å². The van der Waals surface area contributed by atoms with E-state index < -0.39 is 22.5 Å². The number of rotatable bonds is 7. The number of hydrazone groups is 1. The number of halogens is 2. The van der Waals surface area contributed by atoms with Crippen molar-refractivity contribution >= 4 is 51.0 Å². The summed E-state index contributed by atoms with van der Waals surface area (Å²) >= 11 is 12.2. The Hall–Kier alpha value is -2.94. The summed E-state index contributed by atoms with van der Waals surface area (Å²) in [7, 11) is -4.08. The first kappa shape index (κ1) is 21.8. The molecule has 0 atom stereocenters. The number of carbonyl (C=O) groups is 1. The van der Waals surface area contributed by atoms with Crippen LogP contribution in [0.4, 0.5) is 5.69 Å². The number of amides is 1. The van der Waals surface area contributed by atoms with Crippen molar-refractivity contribution in [1.82, 2.24) is 10.4 Å². The molecule has 0 radical (unpaired) electrons. The standard InChI is InChI=1S/C20H16Cl2N4O3S/c21-16-6-7-19(18(22)12-16)26(30(28,29)17-4-2-1-3-5-17)14-20(27)25-24-13-15-8-10-23-11-9-15/h1-13H,14H2,(H,25,27)/b24-13-. The van der Waals surface area contributed by atoms with Gasteiger partial charge in [-0.2, -0.15) is 5.10 Å². The summed E-state index contributed by atoms with van der Waals surface area (Å²) < 4.78 is 27.3. The molecule has 0 aliphatic rings. The number of nitrogens with one attached hydrogen (secondary N) is 1. The Morgan fingerprint density at radius 3 is 2.43 bits per heavy atom. The summed E-state index contributed by atoms with van der Waals surface area (Å²) in [5, 5.41) is 4.28. The molecule has 0 aliphatic heterocycles. The minimum absolute atomic E-state index is 0.0177. The molecule has 1 aromatic heterocycles. The third-order valence-electron chi connectivity index (χ3n) is 3.91. The van der Waals surface area contributed by atoms with Crippen LogP contribution in [0.3, 0.4) is 0 Å².